The molecule has 0 bridgehead atoms. The van der Waals surface area contributed by atoms with Crippen molar-refractivity contribution in [1.82, 2.24) is 15.1 Å². The van der Waals surface area contributed by atoms with Crippen molar-refractivity contribution in [2.45, 2.75) is 76.9 Å². The van der Waals surface area contributed by atoms with Crippen molar-refractivity contribution in [2.75, 3.05) is 26.2 Å². The molecule has 1 unspecified atom stereocenters. The van der Waals surface area contributed by atoms with Crippen molar-refractivity contribution in [3.63, 3.8) is 0 Å². The minimum Gasteiger partial charge on any atom is -0.444 e. The van der Waals surface area contributed by atoms with E-state index in [0.717, 1.165) is 63.0 Å². The second-order valence-electron chi connectivity index (χ2n) is 10.9. The Balaban J connectivity index is 1.22. The average Bonchev–Trinajstić information content (AvgIpc) is 2.83. The van der Waals surface area contributed by atoms with E-state index in [0.29, 0.717) is 24.8 Å². The van der Waals surface area contributed by atoms with E-state index in [1.54, 1.807) is 0 Å². The number of hydrogen-bond donors (Lipinski definition) is 1. The highest BCUT2D eigenvalue weighted by molar-refractivity contribution is 6.00. The number of nitrogens with one attached hydrogen (secondary N) is 1. The zero-order valence-corrected chi connectivity index (χ0v) is 21.1. The molecular formula is C28H37N3O4. The Kier molecular flexibility index (Phi) is 7.81. The largest absolute Gasteiger partial charge is 0.444 e. The summed E-state index contributed by atoms with van der Waals surface area (Å²) in [6, 6.07) is 8.38. The smallest absolute Gasteiger partial charge is 0.410 e. The number of piperidine rings is 3. The van der Waals surface area contributed by atoms with Crippen LogP contribution in [0.3, 0.4) is 0 Å². The number of amides is 3. The Morgan fingerprint density at radius 3 is 2.23 bits per heavy atom. The van der Waals surface area contributed by atoms with Gasteiger partial charge in [-0.1, -0.05) is 24.0 Å². The quantitative estimate of drug-likeness (QED) is 0.517. The molecule has 188 valence electrons. The minimum atomic E-state index is -0.452. The van der Waals surface area contributed by atoms with Gasteiger partial charge in [0.05, 0.1) is 5.92 Å². The van der Waals surface area contributed by atoms with E-state index < -0.39 is 5.60 Å². The van der Waals surface area contributed by atoms with Gasteiger partial charge in [0.25, 0.3) is 0 Å². The Morgan fingerprint density at radius 1 is 0.971 bits per heavy atom. The second-order valence-corrected chi connectivity index (χ2v) is 10.9. The van der Waals surface area contributed by atoms with Crippen LogP contribution in [-0.2, 0) is 14.3 Å². The molecule has 0 spiro atoms. The van der Waals surface area contributed by atoms with Crippen molar-refractivity contribution in [3.05, 3.63) is 35.4 Å². The molecule has 3 saturated heterocycles. The van der Waals surface area contributed by atoms with Crippen LogP contribution >= 0.6 is 0 Å². The molecule has 0 aromatic heterocycles. The summed E-state index contributed by atoms with van der Waals surface area (Å²) in [6.45, 7) is 9.32. The van der Waals surface area contributed by atoms with Gasteiger partial charge in [-0.25, -0.2) is 4.79 Å². The van der Waals surface area contributed by atoms with Gasteiger partial charge in [-0.2, -0.15) is 0 Å². The first kappa shape index (κ1) is 25.2. The van der Waals surface area contributed by atoms with Gasteiger partial charge in [0.15, 0.2) is 0 Å². The van der Waals surface area contributed by atoms with Crippen LogP contribution in [-0.4, -0.2) is 65.5 Å². The normalized spacial score (nSPS) is 22.8. The van der Waals surface area contributed by atoms with Gasteiger partial charge in [-0.3, -0.25) is 14.9 Å². The van der Waals surface area contributed by atoms with Gasteiger partial charge in [-0.15, -0.1) is 0 Å². The molecule has 3 fully saturated rings. The summed E-state index contributed by atoms with van der Waals surface area (Å²) in [7, 11) is 0. The summed E-state index contributed by atoms with van der Waals surface area (Å²) >= 11 is 0. The molecule has 1 atom stereocenters. The first-order valence-electron chi connectivity index (χ1n) is 12.8. The fraction of sp³-hybridized carbons (Fsp3) is 0.607. The lowest BCUT2D eigenvalue weighted by Crippen LogP contribution is -2.49. The zero-order valence-electron chi connectivity index (χ0n) is 21.1. The van der Waals surface area contributed by atoms with Gasteiger partial charge in [0.2, 0.25) is 11.8 Å². The molecule has 3 aliphatic rings. The fourth-order valence-electron chi connectivity index (χ4n) is 5.14. The van der Waals surface area contributed by atoms with E-state index in [4.69, 9.17) is 4.74 Å². The number of imide groups is 1. The molecule has 35 heavy (non-hydrogen) atoms. The fourth-order valence-corrected chi connectivity index (χ4v) is 5.14. The van der Waals surface area contributed by atoms with Crippen LogP contribution < -0.4 is 5.32 Å². The van der Waals surface area contributed by atoms with E-state index in [1.165, 1.54) is 0 Å². The molecule has 0 saturated carbocycles. The lowest BCUT2D eigenvalue weighted by molar-refractivity contribution is -0.134. The minimum absolute atomic E-state index is 0.189. The van der Waals surface area contributed by atoms with Gasteiger partial charge >= 0.3 is 6.09 Å². The van der Waals surface area contributed by atoms with Crippen molar-refractivity contribution in [3.8, 4) is 11.8 Å². The first-order valence-corrected chi connectivity index (χ1v) is 12.8. The van der Waals surface area contributed by atoms with Crippen LogP contribution in [0.25, 0.3) is 0 Å². The van der Waals surface area contributed by atoms with E-state index in [2.05, 4.69) is 22.1 Å². The first-order chi connectivity index (χ1) is 16.7. The summed E-state index contributed by atoms with van der Waals surface area (Å²) in [5, 5.41) is 2.42. The Bertz CT molecular complexity index is 986. The molecule has 4 rings (SSSR count). The highest BCUT2D eigenvalue weighted by atomic mass is 16.6. The Hall–Kier alpha value is -2.85. The Morgan fingerprint density at radius 2 is 1.63 bits per heavy atom. The molecule has 0 aliphatic carbocycles. The van der Waals surface area contributed by atoms with Crippen LogP contribution in [0.5, 0.6) is 0 Å². The molecule has 1 aromatic rings. The summed E-state index contributed by atoms with van der Waals surface area (Å²) in [6.07, 6.45) is 4.87. The van der Waals surface area contributed by atoms with Crippen LogP contribution in [0.2, 0.25) is 0 Å². The van der Waals surface area contributed by atoms with Crippen LogP contribution in [0.1, 0.15) is 76.3 Å². The summed E-state index contributed by atoms with van der Waals surface area (Å²) < 4.78 is 5.51. The molecule has 3 aliphatic heterocycles. The van der Waals surface area contributed by atoms with Gasteiger partial charge in [0, 0.05) is 37.0 Å². The van der Waals surface area contributed by atoms with Crippen LogP contribution in [0.4, 0.5) is 4.79 Å². The summed E-state index contributed by atoms with van der Waals surface area (Å²) in [4.78, 5) is 40.1. The third kappa shape index (κ3) is 6.85. The highest BCUT2D eigenvalue weighted by Gasteiger charge is 2.31. The van der Waals surface area contributed by atoms with Crippen molar-refractivity contribution in [1.29, 1.82) is 0 Å². The van der Waals surface area contributed by atoms with Gasteiger partial charge in [0.1, 0.15) is 5.60 Å². The Labute approximate surface area is 208 Å². The van der Waals surface area contributed by atoms with Crippen LogP contribution in [0, 0.1) is 17.8 Å². The van der Waals surface area contributed by atoms with E-state index in [1.807, 2.05) is 49.9 Å². The molecule has 3 amide bonds. The molecule has 1 aromatic carbocycles. The monoisotopic (exact) mass is 479 g/mol. The van der Waals surface area contributed by atoms with Gasteiger partial charge in [-0.05, 0) is 83.7 Å². The maximum Gasteiger partial charge on any atom is 0.410 e. The number of nitrogens with zero attached hydrogens (tertiary/aromatic N) is 2. The average molecular weight is 480 g/mol. The van der Waals surface area contributed by atoms with Crippen molar-refractivity contribution < 1.29 is 19.1 Å². The maximum absolute atomic E-state index is 12.3. The number of ether oxygens (including phenoxy) is 1. The van der Waals surface area contributed by atoms with E-state index in [9.17, 15) is 14.4 Å². The molecule has 1 N–H and O–H groups in total. The SMILES string of the molecule is CC(C)(C)OC(=O)N1CCC(N2CCC(C#Cc3ccc(C4CCC(=O)NC4=O)cc3)CC2)CC1. The predicted octanol–water partition coefficient (Wildman–Crippen LogP) is 3.67. The summed E-state index contributed by atoms with van der Waals surface area (Å²) in [5.41, 5.74) is 1.44. The molecule has 0 radical (unpaired) electrons. The van der Waals surface area contributed by atoms with Crippen molar-refractivity contribution >= 4 is 17.9 Å². The standard InChI is InChI=1S/C28H37N3O4/c1-28(2,3)35-27(34)31-18-14-23(15-19-31)30-16-12-21(13-17-30)5-4-20-6-8-22(9-7-20)24-10-11-25(32)29-26(24)33/h6-9,21,23-24H,10-19H2,1-3H3,(H,29,32,33). The molecule has 7 heteroatoms. The lowest BCUT2D eigenvalue weighted by Gasteiger charge is -2.41. The summed E-state index contributed by atoms with van der Waals surface area (Å²) in [5.74, 6) is 6.50. The third-order valence-electron chi connectivity index (χ3n) is 7.13. The zero-order chi connectivity index (χ0) is 25.0. The second kappa shape index (κ2) is 10.8. The number of carbonyl (C=O) groups excluding carboxylic acids is 3. The molecule has 7 nitrogen and oxygen atoms in total. The van der Waals surface area contributed by atoms with Crippen LogP contribution in [0.15, 0.2) is 24.3 Å². The maximum atomic E-state index is 12.3. The number of hydrogen-bond acceptors (Lipinski definition) is 5. The lowest BCUT2D eigenvalue weighted by atomic mass is 9.90. The van der Waals surface area contributed by atoms with Crippen molar-refractivity contribution in [2.24, 2.45) is 5.92 Å². The third-order valence-corrected chi connectivity index (χ3v) is 7.13. The number of benzene rings is 1. The number of likely N-dealkylation sites (tertiary alicyclic amines) is 2. The van der Waals surface area contributed by atoms with E-state index in [-0.39, 0.29) is 23.8 Å². The van der Waals surface area contributed by atoms with Gasteiger partial charge < -0.3 is 14.5 Å². The number of rotatable bonds is 2. The number of carbonyl (C=O) groups is 3. The molecule has 3 heterocycles. The predicted molar refractivity (Wildman–Crippen MR) is 134 cm³/mol. The highest BCUT2D eigenvalue weighted by Crippen LogP contribution is 2.26. The van der Waals surface area contributed by atoms with E-state index >= 15 is 0 Å². The topological polar surface area (TPSA) is 79.0 Å². The molecular weight excluding hydrogens is 442 g/mol.